The van der Waals surface area contributed by atoms with Crippen molar-refractivity contribution >= 4 is 17.3 Å². The number of ether oxygens (including phenoxy) is 2. The fraction of sp³-hybridized carbons (Fsp3) is 0.455. The van der Waals surface area contributed by atoms with E-state index >= 15 is 0 Å². The molecule has 0 aromatic heterocycles. The Hall–Kier alpha value is -1.33. The largest absolute Gasteiger partial charge is 0.489 e. The number of nitro groups is 1. The summed E-state index contributed by atoms with van der Waals surface area (Å²) < 4.78 is 10.8. The van der Waals surface area contributed by atoms with Crippen LogP contribution in [0.5, 0.6) is 5.75 Å². The van der Waals surface area contributed by atoms with Crippen molar-refractivity contribution in [1.29, 1.82) is 0 Å². The highest BCUT2D eigenvalue weighted by Crippen LogP contribution is 2.29. The Morgan fingerprint density at radius 1 is 1.59 bits per heavy atom. The Bertz CT molecular complexity index is 418. The zero-order valence-corrected chi connectivity index (χ0v) is 9.85. The first-order valence-electron chi connectivity index (χ1n) is 5.35. The van der Waals surface area contributed by atoms with Crippen LogP contribution in [0.3, 0.4) is 0 Å². The van der Waals surface area contributed by atoms with Gasteiger partial charge in [0.1, 0.15) is 12.4 Å². The number of halogens is 1. The first-order valence-corrected chi connectivity index (χ1v) is 5.73. The summed E-state index contributed by atoms with van der Waals surface area (Å²) >= 11 is 5.90. The van der Waals surface area contributed by atoms with Crippen molar-refractivity contribution in [2.24, 2.45) is 0 Å². The van der Waals surface area contributed by atoms with Crippen LogP contribution in [-0.4, -0.2) is 24.2 Å². The van der Waals surface area contributed by atoms with Crippen LogP contribution in [0, 0.1) is 10.1 Å². The molecule has 0 bridgehead atoms. The van der Waals surface area contributed by atoms with Gasteiger partial charge in [0.05, 0.1) is 22.1 Å². The molecule has 0 amide bonds. The van der Waals surface area contributed by atoms with Crippen molar-refractivity contribution in [2.75, 3.05) is 13.2 Å². The number of hydrogen-bond donors (Lipinski definition) is 0. The van der Waals surface area contributed by atoms with Gasteiger partial charge in [-0.3, -0.25) is 10.1 Å². The number of non-ortho nitro benzene ring substituents is 1. The van der Waals surface area contributed by atoms with Crippen LogP contribution in [0.1, 0.15) is 12.8 Å². The molecule has 0 aliphatic carbocycles. The fourth-order valence-electron chi connectivity index (χ4n) is 1.67. The van der Waals surface area contributed by atoms with Gasteiger partial charge in [-0.2, -0.15) is 0 Å². The van der Waals surface area contributed by atoms with E-state index in [0.29, 0.717) is 17.4 Å². The van der Waals surface area contributed by atoms with Crippen molar-refractivity contribution in [3.8, 4) is 5.75 Å². The number of nitro benzene ring substituents is 1. The minimum atomic E-state index is -0.477. The second-order valence-electron chi connectivity index (χ2n) is 3.82. The third kappa shape index (κ3) is 3.08. The van der Waals surface area contributed by atoms with Gasteiger partial charge in [0, 0.05) is 12.7 Å². The second-order valence-corrected chi connectivity index (χ2v) is 4.23. The van der Waals surface area contributed by atoms with E-state index in [-0.39, 0.29) is 11.8 Å². The van der Waals surface area contributed by atoms with Gasteiger partial charge in [-0.15, -0.1) is 0 Å². The molecule has 0 radical (unpaired) electrons. The molecule has 17 heavy (non-hydrogen) atoms. The molecule has 5 nitrogen and oxygen atoms in total. The molecule has 0 unspecified atom stereocenters. The molecular formula is C11H12ClNO4. The maximum atomic E-state index is 10.6. The summed E-state index contributed by atoms with van der Waals surface area (Å²) in [4.78, 5) is 10.1. The van der Waals surface area contributed by atoms with E-state index in [2.05, 4.69) is 0 Å². The zero-order valence-electron chi connectivity index (χ0n) is 9.10. The lowest BCUT2D eigenvalue weighted by atomic mass is 10.2. The third-order valence-electron chi connectivity index (χ3n) is 2.57. The molecule has 0 spiro atoms. The molecule has 1 saturated heterocycles. The van der Waals surface area contributed by atoms with Crippen molar-refractivity contribution in [3.05, 3.63) is 33.3 Å². The van der Waals surface area contributed by atoms with Crippen molar-refractivity contribution in [2.45, 2.75) is 18.9 Å². The standard InChI is InChI=1S/C11H12ClNO4/c12-10-4-3-8(13(14)15)6-11(10)17-7-9-2-1-5-16-9/h3-4,6,9H,1-2,5,7H2/t9-/m1/s1. The highest BCUT2D eigenvalue weighted by atomic mass is 35.5. The van der Waals surface area contributed by atoms with E-state index in [9.17, 15) is 10.1 Å². The molecule has 1 heterocycles. The van der Waals surface area contributed by atoms with Crippen LogP contribution in [0.4, 0.5) is 5.69 Å². The average Bonchev–Trinajstić information content (AvgIpc) is 2.80. The maximum absolute atomic E-state index is 10.6. The first-order chi connectivity index (χ1) is 8.16. The summed E-state index contributed by atoms with van der Waals surface area (Å²) in [5, 5.41) is 11.0. The molecule has 1 fully saturated rings. The zero-order chi connectivity index (χ0) is 12.3. The lowest BCUT2D eigenvalue weighted by Crippen LogP contribution is -2.16. The van der Waals surface area contributed by atoms with Gasteiger partial charge >= 0.3 is 0 Å². The maximum Gasteiger partial charge on any atom is 0.273 e. The van der Waals surface area contributed by atoms with E-state index in [1.165, 1.54) is 18.2 Å². The lowest BCUT2D eigenvalue weighted by molar-refractivity contribution is -0.384. The van der Waals surface area contributed by atoms with E-state index < -0.39 is 4.92 Å². The fourth-order valence-corrected chi connectivity index (χ4v) is 1.85. The molecule has 1 aromatic carbocycles. The van der Waals surface area contributed by atoms with Crippen LogP contribution in [-0.2, 0) is 4.74 Å². The van der Waals surface area contributed by atoms with Crippen LogP contribution in [0.25, 0.3) is 0 Å². The summed E-state index contributed by atoms with van der Waals surface area (Å²) in [5.74, 6) is 0.330. The third-order valence-corrected chi connectivity index (χ3v) is 2.89. The Morgan fingerprint density at radius 3 is 3.06 bits per heavy atom. The van der Waals surface area contributed by atoms with E-state index in [4.69, 9.17) is 21.1 Å². The molecule has 1 aliphatic rings. The van der Waals surface area contributed by atoms with Crippen molar-refractivity contribution < 1.29 is 14.4 Å². The predicted molar refractivity (Wildman–Crippen MR) is 62.6 cm³/mol. The van der Waals surface area contributed by atoms with E-state index in [1.54, 1.807) is 0 Å². The molecule has 1 aromatic rings. The molecule has 1 atom stereocenters. The first kappa shape index (κ1) is 12.1. The number of hydrogen-bond acceptors (Lipinski definition) is 4. The molecule has 2 rings (SSSR count). The highest BCUT2D eigenvalue weighted by molar-refractivity contribution is 6.32. The van der Waals surface area contributed by atoms with Crippen molar-refractivity contribution in [1.82, 2.24) is 0 Å². The number of rotatable bonds is 4. The van der Waals surface area contributed by atoms with Gasteiger partial charge in [0.15, 0.2) is 0 Å². The van der Waals surface area contributed by atoms with Crippen LogP contribution in [0.15, 0.2) is 18.2 Å². The van der Waals surface area contributed by atoms with E-state index in [1.807, 2.05) is 0 Å². The number of nitrogens with zero attached hydrogens (tertiary/aromatic N) is 1. The molecule has 0 N–H and O–H groups in total. The molecular weight excluding hydrogens is 246 g/mol. The summed E-state index contributed by atoms with van der Waals surface area (Å²) in [6, 6.07) is 4.14. The summed E-state index contributed by atoms with van der Waals surface area (Å²) in [6.45, 7) is 1.12. The van der Waals surface area contributed by atoms with E-state index in [0.717, 1.165) is 19.4 Å². The Labute approximate surface area is 103 Å². The van der Waals surface area contributed by atoms with Gasteiger partial charge in [0.25, 0.3) is 5.69 Å². The molecule has 1 aliphatic heterocycles. The van der Waals surface area contributed by atoms with Gasteiger partial charge in [-0.1, -0.05) is 11.6 Å². The predicted octanol–water partition coefficient (Wildman–Crippen LogP) is 2.81. The van der Waals surface area contributed by atoms with Gasteiger partial charge in [-0.05, 0) is 18.9 Å². The van der Waals surface area contributed by atoms with Crippen molar-refractivity contribution in [3.63, 3.8) is 0 Å². The lowest BCUT2D eigenvalue weighted by Gasteiger charge is -2.12. The van der Waals surface area contributed by atoms with Crippen LogP contribution >= 0.6 is 11.6 Å². The topological polar surface area (TPSA) is 61.6 Å². The quantitative estimate of drug-likeness (QED) is 0.615. The van der Waals surface area contributed by atoms with Gasteiger partial charge in [0.2, 0.25) is 0 Å². The Balaban J connectivity index is 2.03. The second kappa shape index (κ2) is 5.33. The Morgan fingerprint density at radius 2 is 2.41 bits per heavy atom. The highest BCUT2D eigenvalue weighted by Gasteiger charge is 2.17. The minimum Gasteiger partial charge on any atom is -0.489 e. The molecule has 0 saturated carbocycles. The minimum absolute atomic E-state index is 0.0308. The SMILES string of the molecule is O=[N+]([O-])c1ccc(Cl)c(OC[C@H]2CCCO2)c1. The number of benzene rings is 1. The summed E-state index contributed by atoms with van der Waals surface area (Å²) in [7, 11) is 0. The Kier molecular flexibility index (Phi) is 3.81. The van der Waals surface area contributed by atoms with Gasteiger partial charge < -0.3 is 9.47 Å². The monoisotopic (exact) mass is 257 g/mol. The average molecular weight is 258 g/mol. The molecule has 92 valence electrons. The normalized spacial score (nSPS) is 19.2. The summed E-state index contributed by atoms with van der Waals surface area (Å²) in [6.07, 6.45) is 2.04. The molecule has 6 heteroatoms. The summed E-state index contributed by atoms with van der Waals surface area (Å²) in [5.41, 5.74) is -0.0308. The van der Waals surface area contributed by atoms with Crippen LogP contribution < -0.4 is 4.74 Å². The van der Waals surface area contributed by atoms with Crippen LogP contribution in [0.2, 0.25) is 5.02 Å². The smallest absolute Gasteiger partial charge is 0.273 e. The van der Waals surface area contributed by atoms with Gasteiger partial charge in [-0.25, -0.2) is 0 Å².